The van der Waals surface area contributed by atoms with Crippen molar-refractivity contribution in [2.75, 3.05) is 25.0 Å². The number of nitrogens with zero attached hydrogens (tertiary/aromatic N) is 2. The van der Waals surface area contributed by atoms with Gasteiger partial charge in [-0.3, -0.25) is 9.69 Å². The largest absolute Gasteiger partial charge is 0.342 e. The number of hydrogen-bond acceptors (Lipinski definition) is 3. The molecule has 27 heavy (non-hydrogen) atoms. The van der Waals surface area contributed by atoms with Gasteiger partial charge in [-0.15, -0.1) is 0 Å². The number of halogens is 2. The van der Waals surface area contributed by atoms with Crippen molar-refractivity contribution in [2.24, 2.45) is 0 Å². The molecule has 0 unspecified atom stereocenters. The van der Waals surface area contributed by atoms with Crippen LogP contribution in [0.4, 0.5) is 5.69 Å². The number of rotatable bonds is 4. The topological polar surface area (TPSA) is 61.0 Å². The van der Waals surface area contributed by atoms with Crippen LogP contribution in [0.15, 0.2) is 42.5 Å². The fourth-order valence-electron chi connectivity index (χ4n) is 3.51. The van der Waals surface area contributed by atoms with E-state index in [9.17, 15) is 4.79 Å². The Kier molecular flexibility index (Phi) is 5.34. The molecule has 3 aromatic rings. The zero-order valence-corrected chi connectivity index (χ0v) is 16.2. The van der Waals surface area contributed by atoms with Crippen molar-refractivity contribution in [1.82, 2.24) is 14.9 Å². The van der Waals surface area contributed by atoms with Crippen LogP contribution < -0.4 is 5.32 Å². The standard InChI is InChI=1S/C20H20Cl2N4O/c21-15-6-5-14(11-16(15)22)23-19(27)12-26-9-7-13(8-10-26)20-24-17-3-1-2-4-18(17)25-20/h1-6,11,13H,7-10,12H2,(H,23,27)(H,24,25). The Hall–Kier alpha value is -2.08. The van der Waals surface area contributed by atoms with Crippen LogP contribution in [0.25, 0.3) is 11.0 Å². The summed E-state index contributed by atoms with van der Waals surface area (Å²) in [6.07, 6.45) is 1.97. The molecule has 5 nitrogen and oxygen atoms in total. The number of H-pyrrole nitrogens is 1. The van der Waals surface area contributed by atoms with E-state index in [1.165, 1.54) is 0 Å². The van der Waals surface area contributed by atoms with Crippen molar-refractivity contribution in [3.63, 3.8) is 0 Å². The first-order valence-corrected chi connectivity index (χ1v) is 9.76. The Bertz CT molecular complexity index is 931. The first kappa shape index (κ1) is 18.3. The number of imidazole rings is 1. The van der Waals surface area contributed by atoms with E-state index in [1.54, 1.807) is 18.2 Å². The number of hydrogen-bond donors (Lipinski definition) is 2. The molecule has 1 saturated heterocycles. The van der Waals surface area contributed by atoms with Crippen molar-refractivity contribution >= 4 is 45.8 Å². The Morgan fingerprint density at radius 3 is 2.67 bits per heavy atom. The molecule has 1 fully saturated rings. The molecule has 0 atom stereocenters. The zero-order valence-electron chi connectivity index (χ0n) is 14.7. The first-order valence-electron chi connectivity index (χ1n) is 9.00. The third-order valence-corrected chi connectivity index (χ3v) is 5.69. The molecule has 2 N–H and O–H groups in total. The lowest BCUT2D eigenvalue weighted by atomic mass is 9.96. The average Bonchev–Trinajstić information content (AvgIpc) is 3.09. The van der Waals surface area contributed by atoms with Crippen LogP contribution in [0, 0.1) is 0 Å². The third kappa shape index (κ3) is 4.26. The van der Waals surface area contributed by atoms with Crippen molar-refractivity contribution < 1.29 is 4.79 Å². The summed E-state index contributed by atoms with van der Waals surface area (Å²) in [6.45, 7) is 2.11. The summed E-state index contributed by atoms with van der Waals surface area (Å²) in [5.41, 5.74) is 2.75. The summed E-state index contributed by atoms with van der Waals surface area (Å²) in [7, 11) is 0. The van der Waals surface area contributed by atoms with Crippen LogP contribution in [0.5, 0.6) is 0 Å². The molecule has 1 amide bonds. The lowest BCUT2D eigenvalue weighted by Crippen LogP contribution is -2.38. The number of benzene rings is 2. The number of aromatic nitrogens is 2. The number of fused-ring (bicyclic) bond motifs is 1. The predicted octanol–water partition coefficient (Wildman–Crippen LogP) is 4.69. The number of piperidine rings is 1. The molecule has 4 rings (SSSR count). The summed E-state index contributed by atoms with van der Waals surface area (Å²) in [6, 6.07) is 13.2. The highest BCUT2D eigenvalue weighted by Crippen LogP contribution is 2.28. The predicted molar refractivity (Wildman–Crippen MR) is 110 cm³/mol. The van der Waals surface area contributed by atoms with E-state index in [0.717, 1.165) is 42.8 Å². The third-order valence-electron chi connectivity index (χ3n) is 4.95. The van der Waals surface area contributed by atoms with Gasteiger partial charge in [-0.2, -0.15) is 0 Å². The Morgan fingerprint density at radius 1 is 1.15 bits per heavy atom. The second-order valence-electron chi connectivity index (χ2n) is 6.87. The van der Waals surface area contributed by atoms with Crippen molar-refractivity contribution in [1.29, 1.82) is 0 Å². The van der Waals surface area contributed by atoms with E-state index in [4.69, 9.17) is 28.2 Å². The molecule has 2 aromatic carbocycles. The van der Waals surface area contributed by atoms with Gasteiger partial charge in [-0.25, -0.2) is 4.98 Å². The second kappa shape index (κ2) is 7.89. The van der Waals surface area contributed by atoms with Crippen molar-refractivity contribution in [2.45, 2.75) is 18.8 Å². The maximum Gasteiger partial charge on any atom is 0.238 e. The van der Waals surface area contributed by atoms with E-state index in [1.807, 2.05) is 24.3 Å². The zero-order chi connectivity index (χ0) is 18.8. The van der Waals surface area contributed by atoms with Crippen LogP contribution in [-0.4, -0.2) is 40.4 Å². The second-order valence-corrected chi connectivity index (χ2v) is 7.68. The summed E-state index contributed by atoms with van der Waals surface area (Å²) in [5.74, 6) is 1.42. The van der Waals surface area contributed by atoms with Gasteiger partial charge in [0.05, 0.1) is 27.6 Å². The Morgan fingerprint density at radius 2 is 1.93 bits per heavy atom. The highest BCUT2D eigenvalue weighted by atomic mass is 35.5. The lowest BCUT2D eigenvalue weighted by Gasteiger charge is -2.30. The molecule has 0 spiro atoms. The highest BCUT2D eigenvalue weighted by Gasteiger charge is 2.24. The maximum absolute atomic E-state index is 12.3. The molecule has 0 bridgehead atoms. The van der Waals surface area contributed by atoms with Gasteiger partial charge in [0.1, 0.15) is 5.82 Å². The minimum absolute atomic E-state index is 0.0458. The fraction of sp³-hybridized carbons (Fsp3) is 0.300. The quantitative estimate of drug-likeness (QED) is 0.665. The van der Waals surface area contributed by atoms with Gasteiger partial charge < -0.3 is 10.3 Å². The van der Waals surface area contributed by atoms with Gasteiger partial charge >= 0.3 is 0 Å². The minimum atomic E-state index is -0.0458. The number of nitrogens with one attached hydrogen (secondary N) is 2. The van der Waals surface area contributed by atoms with E-state index in [0.29, 0.717) is 28.2 Å². The SMILES string of the molecule is O=C(CN1CCC(c2nc3ccccc3[nH]2)CC1)Nc1ccc(Cl)c(Cl)c1. The van der Waals surface area contributed by atoms with Crippen molar-refractivity contribution in [3.05, 3.63) is 58.3 Å². The number of anilines is 1. The molecule has 140 valence electrons. The van der Waals surface area contributed by atoms with Gasteiger partial charge in [0.15, 0.2) is 0 Å². The van der Waals surface area contributed by atoms with Crippen molar-refractivity contribution in [3.8, 4) is 0 Å². The van der Waals surface area contributed by atoms with Gasteiger partial charge in [0.2, 0.25) is 5.91 Å². The van der Waals surface area contributed by atoms with Crippen LogP contribution in [0.3, 0.4) is 0 Å². The van der Waals surface area contributed by atoms with Gasteiger partial charge in [-0.05, 0) is 56.3 Å². The molecule has 2 heterocycles. The molecule has 1 aliphatic rings. The van der Waals surface area contributed by atoms with E-state index in [2.05, 4.69) is 15.2 Å². The number of likely N-dealkylation sites (tertiary alicyclic amines) is 1. The van der Waals surface area contributed by atoms with Crippen LogP contribution >= 0.6 is 23.2 Å². The first-order chi connectivity index (χ1) is 13.1. The monoisotopic (exact) mass is 402 g/mol. The number of para-hydroxylation sites is 2. The normalized spacial score (nSPS) is 15.9. The lowest BCUT2D eigenvalue weighted by molar-refractivity contribution is -0.117. The molecule has 0 saturated carbocycles. The van der Waals surface area contributed by atoms with E-state index in [-0.39, 0.29) is 5.91 Å². The van der Waals surface area contributed by atoms with Crippen LogP contribution in [-0.2, 0) is 4.79 Å². The fourth-order valence-corrected chi connectivity index (χ4v) is 3.81. The average molecular weight is 403 g/mol. The Labute approximate surface area is 167 Å². The molecule has 1 aliphatic heterocycles. The van der Waals surface area contributed by atoms with Gasteiger partial charge in [0.25, 0.3) is 0 Å². The van der Waals surface area contributed by atoms with Gasteiger partial charge in [-0.1, -0.05) is 35.3 Å². The van der Waals surface area contributed by atoms with Crippen LogP contribution in [0.2, 0.25) is 10.0 Å². The number of carbonyl (C=O) groups excluding carboxylic acids is 1. The molecule has 0 radical (unpaired) electrons. The molecule has 0 aliphatic carbocycles. The summed E-state index contributed by atoms with van der Waals surface area (Å²) in [5, 5.41) is 3.78. The minimum Gasteiger partial charge on any atom is -0.342 e. The molecular weight excluding hydrogens is 383 g/mol. The number of aromatic amines is 1. The maximum atomic E-state index is 12.3. The summed E-state index contributed by atoms with van der Waals surface area (Å²) >= 11 is 11.9. The summed E-state index contributed by atoms with van der Waals surface area (Å²) in [4.78, 5) is 22.6. The summed E-state index contributed by atoms with van der Waals surface area (Å²) < 4.78 is 0. The highest BCUT2D eigenvalue weighted by molar-refractivity contribution is 6.42. The number of amides is 1. The molecular formula is C20H20Cl2N4O. The number of carbonyl (C=O) groups is 1. The molecule has 7 heteroatoms. The van der Waals surface area contributed by atoms with E-state index >= 15 is 0 Å². The van der Waals surface area contributed by atoms with Crippen LogP contribution in [0.1, 0.15) is 24.6 Å². The smallest absolute Gasteiger partial charge is 0.238 e. The Balaban J connectivity index is 1.31. The molecule has 1 aromatic heterocycles. The van der Waals surface area contributed by atoms with E-state index < -0.39 is 0 Å². The van der Waals surface area contributed by atoms with Gasteiger partial charge in [0, 0.05) is 11.6 Å².